The van der Waals surface area contributed by atoms with Crippen molar-refractivity contribution in [3.63, 3.8) is 0 Å². The molecule has 0 bridgehead atoms. The first kappa shape index (κ1) is 25.2. The van der Waals surface area contributed by atoms with Crippen molar-refractivity contribution in [2.75, 3.05) is 5.32 Å². The van der Waals surface area contributed by atoms with E-state index in [1.54, 1.807) is 12.1 Å². The number of thioether (sulfide) groups is 1. The Morgan fingerprint density at radius 3 is 2.31 bits per heavy atom. The van der Waals surface area contributed by atoms with Gasteiger partial charge < -0.3 is 5.32 Å². The molecule has 2 amide bonds. The highest BCUT2D eigenvalue weighted by Gasteiger charge is 2.36. The predicted molar refractivity (Wildman–Crippen MR) is 139 cm³/mol. The topological polar surface area (TPSA) is 61.8 Å². The number of carbonyl (C=O) groups excluding carboxylic acids is 2. The van der Waals surface area contributed by atoms with Gasteiger partial charge in [-0.1, -0.05) is 42.1 Å². The lowest BCUT2D eigenvalue weighted by Gasteiger charge is -2.32. The molecule has 35 heavy (non-hydrogen) atoms. The Balaban J connectivity index is 1.60. The summed E-state index contributed by atoms with van der Waals surface area (Å²) in [7, 11) is 0. The largest absolute Gasteiger partial charge is 0.416 e. The van der Waals surface area contributed by atoms with Crippen molar-refractivity contribution in [1.29, 1.82) is 0 Å². The maximum Gasteiger partial charge on any atom is 0.416 e. The zero-order valence-electron chi connectivity index (χ0n) is 18.1. The lowest BCUT2D eigenvalue weighted by atomic mass is 10.2. The van der Waals surface area contributed by atoms with Gasteiger partial charge in [0.2, 0.25) is 11.8 Å². The molecular weight excluding hydrogens is 590 g/mol. The van der Waals surface area contributed by atoms with Gasteiger partial charge in [0.25, 0.3) is 0 Å². The van der Waals surface area contributed by atoms with Crippen LogP contribution < -0.4 is 5.32 Å². The van der Waals surface area contributed by atoms with Crippen LogP contribution in [0.2, 0.25) is 0 Å². The molecule has 1 aliphatic rings. The molecule has 1 heterocycles. The number of anilines is 1. The molecule has 3 aromatic carbocycles. The maximum atomic E-state index is 13.1. The van der Waals surface area contributed by atoms with Crippen LogP contribution in [0.4, 0.5) is 24.5 Å². The summed E-state index contributed by atoms with van der Waals surface area (Å²) in [6.07, 6.45) is -4.49. The van der Waals surface area contributed by atoms with E-state index in [9.17, 15) is 22.8 Å². The number of nitrogens with one attached hydrogen (secondary N) is 1. The number of amidine groups is 1. The van der Waals surface area contributed by atoms with Crippen LogP contribution in [0.1, 0.15) is 17.5 Å². The molecule has 4 rings (SSSR count). The highest BCUT2D eigenvalue weighted by Crippen LogP contribution is 2.33. The van der Waals surface area contributed by atoms with Crippen LogP contribution in [0, 0.1) is 3.57 Å². The number of hydrogen-bond donors (Lipinski definition) is 1. The molecule has 0 spiro atoms. The molecule has 1 atom stereocenters. The quantitative estimate of drug-likeness (QED) is 0.338. The van der Waals surface area contributed by atoms with E-state index in [0.717, 1.165) is 33.0 Å². The highest BCUT2D eigenvalue weighted by molar-refractivity contribution is 14.1. The minimum absolute atomic E-state index is 0.0280. The summed E-state index contributed by atoms with van der Waals surface area (Å²) in [5.41, 5.74) is 0.939. The average Bonchev–Trinajstić information content (AvgIpc) is 2.83. The van der Waals surface area contributed by atoms with Gasteiger partial charge in [-0.15, -0.1) is 0 Å². The normalized spacial score (nSPS) is 17.5. The third-order valence-electron chi connectivity index (χ3n) is 5.15. The lowest BCUT2D eigenvalue weighted by Crippen LogP contribution is -2.44. The van der Waals surface area contributed by atoms with E-state index in [1.807, 2.05) is 42.5 Å². The molecule has 3 aromatic rings. The van der Waals surface area contributed by atoms with Crippen LogP contribution in [0.3, 0.4) is 0 Å². The van der Waals surface area contributed by atoms with E-state index in [0.29, 0.717) is 5.69 Å². The van der Waals surface area contributed by atoms with Gasteiger partial charge in [0.05, 0.1) is 17.8 Å². The van der Waals surface area contributed by atoms with Crippen LogP contribution in [0.15, 0.2) is 83.9 Å². The second kappa shape index (κ2) is 10.8. The summed E-state index contributed by atoms with van der Waals surface area (Å²) in [6.45, 7) is 0.234. The van der Waals surface area contributed by atoms with Crippen molar-refractivity contribution in [2.45, 2.75) is 24.4 Å². The first-order valence-corrected chi connectivity index (χ1v) is 12.5. The first-order valence-electron chi connectivity index (χ1n) is 10.5. The zero-order valence-corrected chi connectivity index (χ0v) is 21.1. The molecule has 0 aliphatic carbocycles. The van der Waals surface area contributed by atoms with Crippen LogP contribution in [-0.4, -0.2) is 27.1 Å². The van der Waals surface area contributed by atoms with Gasteiger partial charge in [-0.05, 0) is 76.7 Å². The molecule has 0 aromatic heterocycles. The summed E-state index contributed by atoms with van der Waals surface area (Å²) in [6, 6.07) is 20.9. The molecule has 0 radical (unpaired) electrons. The predicted octanol–water partition coefficient (Wildman–Crippen LogP) is 6.47. The molecule has 180 valence electrons. The minimum atomic E-state index is -4.46. The standard InChI is InChI=1S/C25H19F3IN3O2S/c26-25(27,28)17-6-10-20(11-7-17)31-24-32(15-16-4-2-1-3-5-16)22(33)14-21(35-24)23(34)30-19-12-8-18(29)9-13-19/h1-13,21H,14-15H2,(H,30,34)/t21-/m1/s1. The molecule has 10 heteroatoms. The van der Waals surface area contributed by atoms with Gasteiger partial charge in [-0.25, -0.2) is 4.99 Å². The summed E-state index contributed by atoms with van der Waals surface area (Å²) >= 11 is 3.28. The molecule has 0 saturated carbocycles. The fourth-order valence-electron chi connectivity index (χ4n) is 3.35. The number of hydrogen-bond acceptors (Lipinski definition) is 4. The minimum Gasteiger partial charge on any atom is -0.325 e. The monoisotopic (exact) mass is 609 g/mol. The van der Waals surface area contributed by atoms with Gasteiger partial charge in [0.1, 0.15) is 5.25 Å². The maximum absolute atomic E-state index is 13.1. The fourth-order valence-corrected chi connectivity index (χ4v) is 4.81. The van der Waals surface area contributed by atoms with Crippen molar-refractivity contribution >= 4 is 62.7 Å². The number of benzene rings is 3. The van der Waals surface area contributed by atoms with E-state index in [2.05, 4.69) is 32.9 Å². The number of amides is 2. The smallest absolute Gasteiger partial charge is 0.325 e. The Hall–Kier alpha value is -2.86. The first-order chi connectivity index (χ1) is 16.7. The van der Waals surface area contributed by atoms with Crippen LogP contribution in [0.25, 0.3) is 0 Å². The third-order valence-corrected chi connectivity index (χ3v) is 7.05. The van der Waals surface area contributed by atoms with Gasteiger partial charge in [0.15, 0.2) is 5.17 Å². The van der Waals surface area contributed by atoms with Crippen molar-refractivity contribution in [3.05, 3.63) is 93.6 Å². The van der Waals surface area contributed by atoms with Crippen LogP contribution in [0.5, 0.6) is 0 Å². The molecular formula is C25H19F3IN3O2S. The number of rotatable bonds is 5. The Morgan fingerprint density at radius 1 is 1.03 bits per heavy atom. The molecule has 1 aliphatic heterocycles. The van der Waals surface area contributed by atoms with Gasteiger partial charge >= 0.3 is 6.18 Å². The summed E-state index contributed by atoms with van der Waals surface area (Å²) in [5, 5.41) is 2.34. The highest BCUT2D eigenvalue weighted by atomic mass is 127. The number of carbonyl (C=O) groups is 2. The summed E-state index contributed by atoms with van der Waals surface area (Å²) in [5.74, 6) is -0.634. The van der Waals surface area contributed by atoms with Gasteiger partial charge in [-0.3, -0.25) is 14.5 Å². The van der Waals surface area contributed by atoms with E-state index in [4.69, 9.17) is 0 Å². The second-order valence-electron chi connectivity index (χ2n) is 7.71. The summed E-state index contributed by atoms with van der Waals surface area (Å²) < 4.78 is 39.8. The number of alkyl halides is 3. The van der Waals surface area contributed by atoms with Crippen molar-refractivity contribution in [1.82, 2.24) is 4.90 Å². The Labute approximate surface area is 218 Å². The Morgan fingerprint density at radius 2 is 1.69 bits per heavy atom. The molecule has 1 saturated heterocycles. The number of nitrogens with zero attached hydrogens (tertiary/aromatic N) is 2. The van der Waals surface area contributed by atoms with Gasteiger partial charge in [0, 0.05) is 15.7 Å². The van der Waals surface area contributed by atoms with E-state index >= 15 is 0 Å². The SMILES string of the molecule is O=C(Nc1ccc(I)cc1)[C@H]1CC(=O)N(Cc2ccccc2)C(=Nc2ccc(C(F)(F)F)cc2)S1. The third kappa shape index (κ3) is 6.63. The molecule has 0 unspecified atom stereocenters. The fraction of sp³-hybridized carbons (Fsp3) is 0.160. The average molecular weight is 609 g/mol. The van der Waals surface area contributed by atoms with Gasteiger partial charge in [-0.2, -0.15) is 13.2 Å². The Kier molecular flexibility index (Phi) is 7.80. The van der Waals surface area contributed by atoms with Crippen LogP contribution >= 0.6 is 34.4 Å². The van der Waals surface area contributed by atoms with Crippen molar-refractivity contribution in [2.24, 2.45) is 4.99 Å². The zero-order chi connectivity index (χ0) is 25.0. The molecule has 5 nitrogen and oxygen atoms in total. The van der Waals surface area contributed by atoms with E-state index in [-0.39, 0.29) is 35.6 Å². The van der Waals surface area contributed by atoms with Crippen molar-refractivity contribution < 1.29 is 22.8 Å². The van der Waals surface area contributed by atoms with Crippen LogP contribution in [-0.2, 0) is 22.3 Å². The molecule has 1 fully saturated rings. The number of halogens is 4. The summed E-state index contributed by atoms with van der Waals surface area (Å²) in [4.78, 5) is 32.0. The number of aliphatic imine (C=N–C) groups is 1. The Bertz CT molecular complexity index is 1230. The van der Waals surface area contributed by atoms with Crippen molar-refractivity contribution in [3.8, 4) is 0 Å². The van der Waals surface area contributed by atoms with E-state index < -0.39 is 17.0 Å². The van der Waals surface area contributed by atoms with E-state index in [1.165, 1.54) is 17.0 Å². The lowest BCUT2D eigenvalue weighted by molar-refractivity contribution is -0.137. The second-order valence-corrected chi connectivity index (χ2v) is 10.1. The molecule has 1 N–H and O–H groups in total.